The Kier molecular flexibility index (Phi) is 2.94. The fourth-order valence-corrected chi connectivity index (χ4v) is 2.36. The van der Waals surface area contributed by atoms with Crippen molar-refractivity contribution in [3.8, 4) is 0 Å². The van der Waals surface area contributed by atoms with Crippen molar-refractivity contribution in [1.82, 2.24) is 0 Å². The molecule has 0 aliphatic heterocycles. The smallest absolute Gasteiger partial charge is 0.00947 e. The Morgan fingerprint density at radius 1 is 1.23 bits per heavy atom. The van der Waals surface area contributed by atoms with Crippen LogP contribution in [0.5, 0.6) is 0 Å². The molecule has 0 saturated carbocycles. The molecule has 0 radical (unpaired) electrons. The zero-order valence-corrected chi connectivity index (χ0v) is 8.82. The van der Waals surface area contributed by atoms with Crippen molar-refractivity contribution >= 4 is 12.6 Å². The first kappa shape index (κ1) is 9.14. The first-order valence-electron chi connectivity index (χ1n) is 5.12. The van der Waals surface area contributed by atoms with E-state index >= 15 is 0 Å². The molecule has 1 aromatic rings. The van der Waals surface area contributed by atoms with Gasteiger partial charge in [-0.3, -0.25) is 0 Å². The molecule has 0 unspecified atom stereocenters. The Balaban J connectivity index is 2.20. The van der Waals surface area contributed by atoms with Gasteiger partial charge in [0.15, 0.2) is 0 Å². The molecule has 0 heterocycles. The van der Waals surface area contributed by atoms with Crippen molar-refractivity contribution in [3.05, 3.63) is 34.9 Å². The summed E-state index contributed by atoms with van der Waals surface area (Å²) in [6, 6.07) is 6.78. The average Bonchev–Trinajstić information content (AvgIpc) is 2.62. The zero-order chi connectivity index (χ0) is 9.10. The van der Waals surface area contributed by atoms with Gasteiger partial charge in [-0.05, 0) is 54.5 Å². The lowest BCUT2D eigenvalue weighted by Crippen LogP contribution is -1.93. The van der Waals surface area contributed by atoms with Crippen LogP contribution in [0.2, 0.25) is 0 Å². The van der Waals surface area contributed by atoms with Crippen LogP contribution in [0.3, 0.4) is 0 Å². The van der Waals surface area contributed by atoms with Gasteiger partial charge >= 0.3 is 0 Å². The molecule has 1 heteroatoms. The Labute approximate surface area is 85.8 Å². The first-order chi connectivity index (χ1) is 6.42. The van der Waals surface area contributed by atoms with Crippen LogP contribution in [-0.4, -0.2) is 5.75 Å². The van der Waals surface area contributed by atoms with E-state index in [9.17, 15) is 0 Å². The van der Waals surface area contributed by atoms with Gasteiger partial charge in [-0.15, -0.1) is 0 Å². The average molecular weight is 192 g/mol. The van der Waals surface area contributed by atoms with Crippen molar-refractivity contribution < 1.29 is 0 Å². The van der Waals surface area contributed by atoms with Gasteiger partial charge < -0.3 is 0 Å². The predicted molar refractivity (Wildman–Crippen MR) is 60.6 cm³/mol. The summed E-state index contributed by atoms with van der Waals surface area (Å²) >= 11 is 4.26. The zero-order valence-electron chi connectivity index (χ0n) is 7.92. The fourth-order valence-electron chi connectivity index (χ4n) is 2.20. The van der Waals surface area contributed by atoms with Gasteiger partial charge in [-0.2, -0.15) is 12.6 Å². The number of rotatable bonds is 3. The summed E-state index contributed by atoms with van der Waals surface area (Å²) in [7, 11) is 0. The van der Waals surface area contributed by atoms with E-state index in [4.69, 9.17) is 0 Å². The number of aryl methyl sites for hydroxylation is 2. The quantitative estimate of drug-likeness (QED) is 0.699. The number of hydrogen-bond donors (Lipinski definition) is 1. The minimum Gasteiger partial charge on any atom is -0.179 e. The second-order valence-corrected chi connectivity index (χ2v) is 4.18. The SMILES string of the molecule is SCCCc1cccc2c1CCC2. The van der Waals surface area contributed by atoms with Gasteiger partial charge in [0, 0.05) is 0 Å². The summed E-state index contributed by atoms with van der Waals surface area (Å²) in [5.41, 5.74) is 4.81. The third-order valence-corrected chi connectivity index (χ3v) is 3.16. The minimum atomic E-state index is 1.00. The Morgan fingerprint density at radius 2 is 2.15 bits per heavy atom. The van der Waals surface area contributed by atoms with Gasteiger partial charge in [0.25, 0.3) is 0 Å². The van der Waals surface area contributed by atoms with Gasteiger partial charge in [-0.1, -0.05) is 18.2 Å². The first-order valence-corrected chi connectivity index (χ1v) is 5.75. The van der Waals surface area contributed by atoms with Crippen molar-refractivity contribution in [2.24, 2.45) is 0 Å². The highest BCUT2D eigenvalue weighted by molar-refractivity contribution is 7.80. The van der Waals surface area contributed by atoms with Crippen molar-refractivity contribution in [2.75, 3.05) is 5.75 Å². The molecule has 0 atom stereocenters. The monoisotopic (exact) mass is 192 g/mol. The largest absolute Gasteiger partial charge is 0.179 e. The fraction of sp³-hybridized carbons (Fsp3) is 0.500. The van der Waals surface area contributed by atoms with Gasteiger partial charge in [0.1, 0.15) is 0 Å². The van der Waals surface area contributed by atoms with Crippen LogP contribution in [0.1, 0.15) is 29.5 Å². The topological polar surface area (TPSA) is 0 Å². The highest BCUT2D eigenvalue weighted by Crippen LogP contribution is 2.25. The summed E-state index contributed by atoms with van der Waals surface area (Å²) in [5, 5.41) is 0. The van der Waals surface area contributed by atoms with Crippen LogP contribution in [0.25, 0.3) is 0 Å². The number of thiol groups is 1. The molecule has 0 amide bonds. The summed E-state index contributed by atoms with van der Waals surface area (Å²) in [6.07, 6.45) is 6.38. The van der Waals surface area contributed by atoms with E-state index in [2.05, 4.69) is 30.8 Å². The van der Waals surface area contributed by atoms with Crippen LogP contribution in [-0.2, 0) is 19.3 Å². The summed E-state index contributed by atoms with van der Waals surface area (Å²) in [4.78, 5) is 0. The Hall–Kier alpha value is -0.430. The highest BCUT2D eigenvalue weighted by Gasteiger charge is 2.13. The van der Waals surface area contributed by atoms with Crippen LogP contribution >= 0.6 is 12.6 Å². The lowest BCUT2D eigenvalue weighted by molar-refractivity contribution is 0.886. The van der Waals surface area contributed by atoms with E-state index in [1.165, 1.54) is 32.1 Å². The molecule has 0 bridgehead atoms. The van der Waals surface area contributed by atoms with Crippen LogP contribution in [0.15, 0.2) is 18.2 Å². The standard InChI is InChI=1S/C12H16S/c13-9-3-7-11-5-1-4-10-6-2-8-12(10)11/h1,4-5,13H,2-3,6-9H2. The second-order valence-electron chi connectivity index (χ2n) is 3.74. The molecule has 13 heavy (non-hydrogen) atoms. The van der Waals surface area contributed by atoms with E-state index in [0.717, 1.165) is 5.75 Å². The van der Waals surface area contributed by atoms with Crippen molar-refractivity contribution in [2.45, 2.75) is 32.1 Å². The van der Waals surface area contributed by atoms with Crippen LogP contribution < -0.4 is 0 Å². The molecule has 70 valence electrons. The Morgan fingerprint density at radius 3 is 3.00 bits per heavy atom. The number of fused-ring (bicyclic) bond motifs is 1. The van der Waals surface area contributed by atoms with E-state index in [1.54, 1.807) is 16.7 Å². The Bertz CT molecular complexity index is 291. The molecule has 0 saturated heterocycles. The third-order valence-electron chi connectivity index (χ3n) is 2.85. The third kappa shape index (κ3) is 1.91. The molecule has 2 rings (SSSR count). The lowest BCUT2D eigenvalue weighted by atomic mass is 10.00. The normalized spacial score (nSPS) is 14.5. The van der Waals surface area contributed by atoms with E-state index in [-0.39, 0.29) is 0 Å². The predicted octanol–water partition coefficient (Wildman–Crippen LogP) is 3.04. The second kappa shape index (κ2) is 4.19. The van der Waals surface area contributed by atoms with Gasteiger partial charge in [0.05, 0.1) is 0 Å². The number of hydrogen-bond acceptors (Lipinski definition) is 1. The molecule has 1 aliphatic rings. The minimum absolute atomic E-state index is 1.00. The molecule has 0 fully saturated rings. The molecule has 0 nitrogen and oxygen atoms in total. The molecule has 1 aliphatic carbocycles. The van der Waals surface area contributed by atoms with Gasteiger partial charge in [-0.25, -0.2) is 0 Å². The summed E-state index contributed by atoms with van der Waals surface area (Å²) in [6.45, 7) is 0. The van der Waals surface area contributed by atoms with E-state index in [1.807, 2.05) is 0 Å². The van der Waals surface area contributed by atoms with E-state index < -0.39 is 0 Å². The van der Waals surface area contributed by atoms with Crippen molar-refractivity contribution in [1.29, 1.82) is 0 Å². The lowest BCUT2D eigenvalue weighted by Gasteiger charge is -2.06. The molecule has 0 N–H and O–H groups in total. The molecule has 0 spiro atoms. The molecule has 1 aromatic carbocycles. The van der Waals surface area contributed by atoms with Crippen LogP contribution in [0, 0.1) is 0 Å². The summed E-state index contributed by atoms with van der Waals surface area (Å²) < 4.78 is 0. The van der Waals surface area contributed by atoms with Crippen LogP contribution in [0.4, 0.5) is 0 Å². The highest BCUT2D eigenvalue weighted by atomic mass is 32.1. The van der Waals surface area contributed by atoms with Gasteiger partial charge in [0.2, 0.25) is 0 Å². The molecular formula is C12H16S. The maximum Gasteiger partial charge on any atom is -0.00947 e. The number of benzene rings is 1. The molecule has 0 aromatic heterocycles. The maximum atomic E-state index is 4.26. The maximum absolute atomic E-state index is 4.26. The van der Waals surface area contributed by atoms with Crippen molar-refractivity contribution in [3.63, 3.8) is 0 Å². The summed E-state index contributed by atoms with van der Waals surface area (Å²) in [5.74, 6) is 1.00. The van der Waals surface area contributed by atoms with E-state index in [0.29, 0.717) is 0 Å². The molecular weight excluding hydrogens is 176 g/mol.